The summed E-state index contributed by atoms with van der Waals surface area (Å²) in [5.74, 6) is 0.452. The molecule has 0 spiro atoms. The minimum absolute atomic E-state index is 0.181. The first-order chi connectivity index (χ1) is 12.2. The highest BCUT2D eigenvalue weighted by Crippen LogP contribution is 2.37. The number of rotatable bonds is 2. The van der Waals surface area contributed by atoms with Crippen LogP contribution in [0.15, 0.2) is 24.3 Å². The van der Waals surface area contributed by atoms with Gasteiger partial charge in [0.25, 0.3) is 0 Å². The number of fused-ring (bicyclic) bond motifs is 1. The second-order valence-corrected chi connectivity index (χ2v) is 6.98. The molecular weight excluding hydrogens is 389 g/mol. The number of alkyl halides is 3. The fourth-order valence-corrected chi connectivity index (χ4v) is 3.70. The van der Waals surface area contributed by atoms with Crippen LogP contribution in [0.3, 0.4) is 0 Å². The summed E-state index contributed by atoms with van der Waals surface area (Å²) in [6.45, 7) is 1.84. The summed E-state index contributed by atoms with van der Waals surface area (Å²) in [5, 5.41) is 17.3. The molecule has 0 amide bonds. The number of halogens is 4. The van der Waals surface area contributed by atoms with Crippen LogP contribution in [-0.2, 0) is 13.2 Å². The van der Waals surface area contributed by atoms with Crippen LogP contribution in [0.1, 0.15) is 11.3 Å². The summed E-state index contributed by atoms with van der Waals surface area (Å²) in [6, 6.07) is 4.97. The van der Waals surface area contributed by atoms with E-state index in [4.69, 9.17) is 11.6 Å². The molecule has 0 aliphatic carbocycles. The molecule has 11 heteroatoms. The Labute approximate surface area is 153 Å². The monoisotopic (exact) mass is 398 g/mol. The fourth-order valence-electron chi connectivity index (χ4n) is 2.57. The fraction of sp³-hybridized carbons (Fsp3) is 0.200. The Morgan fingerprint density at radius 1 is 1.12 bits per heavy atom. The van der Waals surface area contributed by atoms with E-state index < -0.39 is 11.7 Å². The molecule has 1 aromatic carbocycles. The van der Waals surface area contributed by atoms with Gasteiger partial charge < -0.3 is 0 Å². The lowest BCUT2D eigenvalue weighted by Crippen LogP contribution is -2.04. The van der Waals surface area contributed by atoms with Crippen LogP contribution in [0.4, 0.5) is 13.2 Å². The van der Waals surface area contributed by atoms with Crippen molar-refractivity contribution in [2.45, 2.75) is 13.1 Å². The highest BCUT2D eigenvalue weighted by atomic mass is 35.5. The van der Waals surface area contributed by atoms with Crippen LogP contribution in [0.2, 0.25) is 5.02 Å². The van der Waals surface area contributed by atoms with Crippen molar-refractivity contribution >= 4 is 27.9 Å². The molecule has 134 valence electrons. The second-order valence-electron chi connectivity index (χ2n) is 5.61. The van der Waals surface area contributed by atoms with Crippen molar-refractivity contribution in [1.29, 1.82) is 0 Å². The minimum atomic E-state index is -4.46. The molecule has 0 atom stereocenters. The average molecular weight is 399 g/mol. The first-order valence-corrected chi connectivity index (χ1v) is 8.54. The SMILES string of the molecule is Cc1cc(-c2nnc3sc(-c4cc(C(F)(F)F)ccc4Cl)nn23)n(C)n1. The number of aromatic nitrogens is 6. The molecular formula is C15H10ClF3N6S. The minimum Gasteiger partial charge on any atom is -0.264 e. The Morgan fingerprint density at radius 3 is 2.54 bits per heavy atom. The highest BCUT2D eigenvalue weighted by molar-refractivity contribution is 7.19. The van der Waals surface area contributed by atoms with E-state index in [9.17, 15) is 13.2 Å². The zero-order valence-corrected chi connectivity index (χ0v) is 15.0. The Bertz CT molecular complexity index is 1130. The van der Waals surface area contributed by atoms with Gasteiger partial charge in [0.05, 0.1) is 16.3 Å². The molecule has 0 N–H and O–H groups in total. The molecule has 0 bridgehead atoms. The van der Waals surface area contributed by atoms with Crippen molar-refractivity contribution in [2.75, 3.05) is 0 Å². The van der Waals surface area contributed by atoms with Gasteiger partial charge >= 0.3 is 6.18 Å². The molecule has 0 saturated carbocycles. The van der Waals surface area contributed by atoms with Crippen molar-refractivity contribution in [3.05, 3.63) is 40.5 Å². The first-order valence-electron chi connectivity index (χ1n) is 7.34. The smallest absolute Gasteiger partial charge is 0.264 e. The predicted octanol–water partition coefficient (Wildman–Crippen LogP) is 4.23. The van der Waals surface area contributed by atoms with E-state index in [1.807, 2.05) is 13.0 Å². The van der Waals surface area contributed by atoms with Crippen LogP contribution in [0, 0.1) is 6.92 Å². The first kappa shape index (κ1) is 17.0. The van der Waals surface area contributed by atoms with Crippen molar-refractivity contribution in [1.82, 2.24) is 29.6 Å². The highest BCUT2D eigenvalue weighted by Gasteiger charge is 2.31. The topological polar surface area (TPSA) is 60.9 Å². The van der Waals surface area contributed by atoms with E-state index >= 15 is 0 Å². The Kier molecular flexibility index (Phi) is 3.77. The number of hydrogen-bond acceptors (Lipinski definition) is 5. The van der Waals surface area contributed by atoms with Crippen LogP contribution >= 0.6 is 22.9 Å². The zero-order chi connectivity index (χ0) is 18.6. The third kappa shape index (κ3) is 2.74. The normalized spacial score (nSPS) is 12.2. The zero-order valence-electron chi connectivity index (χ0n) is 13.4. The van der Waals surface area contributed by atoms with Gasteiger partial charge in [-0.15, -0.1) is 10.2 Å². The van der Waals surface area contributed by atoms with Crippen molar-refractivity contribution in [3.63, 3.8) is 0 Å². The van der Waals surface area contributed by atoms with Gasteiger partial charge in [-0.3, -0.25) is 4.68 Å². The molecule has 3 aromatic heterocycles. The van der Waals surface area contributed by atoms with E-state index in [2.05, 4.69) is 20.4 Å². The molecule has 3 heterocycles. The Morgan fingerprint density at radius 2 is 1.88 bits per heavy atom. The van der Waals surface area contributed by atoms with Gasteiger partial charge in [0, 0.05) is 12.6 Å². The second kappa shape index (κ2) is 5.78. The Balaban J connectivity index is 1.86. The molecule has 6 nitrogen and oxygen atoms in total. The van der Waals surface area contributed by atoms with Crippen LogP contribution in [0.5, 0.6) is 0 Å². The van der Waals surface area contributed by atoms with Crippen molar-refractivity contribution < 1.29 is 13.2 Å². The molecule has 4 rings (SSSR count). The summed E-state index contributed by atoms with van der Waals surface area (Å²) in [5.41, 5.74) is 0.909. The van der Waals surface area contributed by atoms with Gasteiger partial charge in [0.2, 0.25) is 10.8 Å². The van der Waals surface area contributed by atoms with Gasteiger partial charge in [-0.2, -0.15) is 27.9 Å². The number of hydrogen-bond donors (Lipinski definition) is 0. The third-order valence-electron chi connectivity index (χ3n) is 3.75. The molecule has 0 saturated heterocycles. The van der Waals surface area contributed by atoms with E-state index in [0.717, 1.165) is 29.2 Å². The summed E-state index contributed by atoms with van der Waals surface area (Å²) in [7, 11) is 1.76. The van der Waals surface area contributed by atoms with E-state index in [1.54, 1.807) is 11.7 Å². The lowest BCUT2D eigenvalue weighted by Gasteiger charge is -2.08. The predicted molar refractivity (Wildman–Crippen MR) is 91.0 cm³/mol. The van der Waals surface area contributed by atoms with Crippen LogP contribution < -0.4 is 0 Å². The van der Waals surface area contributed by atoms with E-state index in [0.29, 0.717) is 21.5 Å². The van der Waals surface area contributed by atoms with Crippen molar-refractivity contribution in [3.8, 4) is 22.1 Å². The molecule has 0 aliphatic rings. The van der Waals surface area contributed by atoms with Crippen LogP contribution in [-0.4, -0.2) is 29.6 Å². The van der Waals surface area contributed by atoms with Gasteiger partial charge in [-0.05, 0) is 31.2 Å². The average Bonchev–Trinajstić information content (AvgIpc) is 3.20. The molecule has 0 fully saturated rings. The number of aryl methyl sites for hydroxylation is 2. The van der Waals surface area contributed by atoms with Crippen molar-refractivity contribution in [2.24, 2.45) is 7.05 Å². The third-order valence-corrected chi connectivity index (χ3v) is 5.01. The van der Waals surface area contributed by atoms with Gasteiger partial charge in [0.1, 0.15) is 10.7 Å². The standard InChI is InChI=1S/C15H10ClF3N6S/c1-7-5-11(24(2)22-7)12-20-21-14-25(12)23-13(26-14)9-6-8(15(17,18)19)3-4-10(9)16/h3-6H,1-2H3. The maximum Gasteiger partial charge on any atom is 0.416 e. The molecule has 4 aromatic rings. The maximum absolute atomic E-state index is 13.0. The summed E-state index contributed by atoms with van der Waals surface area (Å²) in [6.07, 6.45) is -4.46. The quantitative estimate of drug-likeness (QED) is 0.507. The van der Waals surface area contributed by atoms with Crippen LogP contribution in [0.25, 0.3) is 27.1 Å². The molecule has 0 aliphatic heterocycles. The molecule has 0 radical (unpaired) electrons. The number of nitrogens with zero attached hydrogens (tertiary/aromatic N) is 6. The lowest BCUT2D eigenvalue weighted by molar-refractivity contribution is -0.137. The Hall–Kier alpha value is -2.46. The van der Waals surface area contributed by atoms with E-state index in [-0.39, 0.29) is 10.6 Å². The molecule has 0 unspecified atom stereocenters. The van der Waals surface area contributed by atoms with E-state index in [1.165, 1.54) is 10.6 Å². The lowest BCUT2D eigenvalue weighted by atomic mass is 10.1. The van der Waals surface area contributed by atoms with Gasteiger partial charge in [-0.25, -0.2) is 0 Å². The van der Waals surface area contributed by atoms with Gasteiger partial charge in [0.15, 0.2) is 0 Å². The summed E-state index contributed by atoms with van der Waals surface area (Å²) in [4.78, 5) is 0.447. The maximum atomic E-state index is 13.0. The van der Waals surface area contributed by atoms with Gasteiger partial charge in [-0.1, -0.05) is 22.9 Å². The largest absolute Gasteiger partial charge is 0.416 e. The summed E-state index contributed by atoms with van der Waals surface area (Å²) >= 11 is 7.21. The summed E-state index contributed by atoms with van der Waals surface area (Å²) < 4.78 is 42.1. The number of benzene rings is 1. The molecule has 26 heavy (non-hydrogen) atoms.